The molecule has 10 nitrogen and oxygen atoms in total. The number of methoxy groups -OCH3 is 3. The third kappa shape index (κ3) is 12.2. The van der Waals surface area contributed by atoms with Gasteiger partial charge in [-0.25, -0.2) is 0 Å². The van der Waals surface area contributed by atoms with Gasteiger partial charge in [-0.3, -0.25) is 0 Å². The molecule has 1 rings (SSSR count). The molecule has 3 unspecified atom stereocenters. The summed E-state index contributed by atoms with van der Waals surface area (Å²) in [6, 6.07) is 0. The minimum absolute atomic E-state index is 0.0686. The first kappa shape index (κ1) is 25.6. The zero-order chi connectivity index (χ0) is 20.6. The lowest BCUT2D eigenvalue weighted by atomic mass is 10.3. The largest absolute Gasteiger partial charge is 0.388 e. The summed E-state index contributed by atoms with van der Waals surface area (Å²) in [5.41, 5.74) is 0. The zero-order valence-electron chi connectivity index (χ0n) is 17.1. The van der Waals surface area contributed by atoms with Crippen LogP contribution in [-0.2, 0) is 37.9 Å². The number of aliphatic hydroxyl groups excluding tert-OH is 2. The molecule has 1 aliphatic heterocycles. The van der Waals surface area contributed by atoms with Crippen LogP contribution >= 0.6 is 0 Å². The van der Waals surface area contributed by atoms with Crippen LogP contribution < -0.4 is 0 Å². The molecule has 1 heterocycles. The Balaban J connectivity index is 2.10. The highest BCUT2D eigenvalue weighted by atomic mass is 16.6. The van der Waals surface area contributed by atoms with E-state index in [4.69, 9.17) is 37.9 Å². The van der Waals surface area contributed by atoms with Gasteiger partial charge in [0.1, 0.15) is 30.5 Å². The maximum absolute atomic E-state index is 10.0. The van der Waals surface area contributed by atoms with Gasteiger partial charge in [-0.05, 0) is 0 Å². The molecule has 0 aliphatic carbocycles. The SMILES string of the molecule is COCC(O)COCC(COCC(O)COC1COCC(OC)COC1)OC. The summed E-state index contributed by atoms with van der Waals surface area (Å²) in [6.45, 7) is 2.76. The Kier molecular flexibility index (Phi) is 15.0. The highest BCUT2D eigenvalue weighted by molar-refractivity contribution is 4.65. The maximum Gasteiger partial charge on any atom is 0.104 e. The fourth-order valence-electron chi connectivity index (χ4n) is 2.38. The summed E-state index contributed by atoms with van der Waals surface area (Å²) < 4.78 is 42.8. The average Bonchev–Trinajstić information content (AvgIpc) is 2.66. The summed E-state index contributed by atoms with van der Waals surface area (Å²) in [7, 11) is 4.68. The third-order valence-electron chi connectivity index (χ3n) is 3.99. The molecule has 0 amide bonds. The predicted octanol–water partition coefficient (Wildman–Crippen LogP) is -1.15. The van der Waals surface area contributed by atoms with Crippen molar-refractivity contribution in [2.75, 3.05) is 87.4 Å². The fourth-order valence-corrected chi connectivity index (χ4v) is 2.38. The molecule has 0 aromatic heterocycles. The third-order valence-corrected chi connectivity index (χ3v) is 3.99. The topological polar surface area (TPSA) is 114 Å². The van der Waals surface area contributed by atoms with E-state index in [2.05, 4.69) is 0 Å². The molecule has 28 heavy (non-hydrogen) atoms. The van der Waals surface area contributed by atoms with Gasteiger partial charge in [-0.15, -0.1) is 0 Å². The molecule has 1 aliphatic rings. The van der Waals surface area contributed by atoms with Gasteiger partial charge in [0.05, 0.1) is 66.1 Å². The number of aliphatic hydroxyl groups is 2. The zero-order valence-corrected chi connectivity index (χ0v) is 17.1. The van der Waals surface area contributed by atoms with E-state index in [1.165, 1.54) is 7.11 Å². The normalized spacial score (nSPS) is 24.3. The molecule has 0 bridgehead atoms. The molecule has 0 aromatic carbocycles. The number of hydrogen-bond acceptors (Lipinski definition) is 10. The Morgan fingerprint density at radius 2 is 1.29 bits per heavy atom. The molecule has 0 saturated carbocycles. The van der Waals surface area contributed by atoms with Crippen LogP contribution in [0.1, 0.15) is 0 Å². The van der Waals surface area contributed by atoms with Gasteiger partial charge in [-0.2, -0.15) is 0 Å². The Labute approximate surface area is 166 Å². The van der Waals surface area contributed by atoms with Crippen LogP contribution in [0.4, 0.5) is 0 Å². The van der Waals surface area contributed by atoms with Crippen LogP contribution in [0.25, 0.3) is 0 Å². The van der Waals surface area contributed by atoms with E-state index in [9.17, 15) is 10.2 Å². The van der Waals surface area contributed by atoms with Crippen molar-refractivity contribution in [2.45, 2.75) is 30.5 Å². The van der Waals surface area contributed by atoms with Gasteiger partial charge in [0.2, 0.25) is 0 Å². The van der Waals surface area contributed by atoms with Crippen LogP contribution in [0.15, 0.2) is 0 Å². The van der Waals surface area contributed by atoms with E-state index >= 15 is 0 Å². The van der Waals surface area contributed by atoms with Crippen molar-refractivity contribution in [2.24, 2.45) is 0 Å². The van der Waals surface area contributed by atoms with Crippen LogP contribution in [0.2, 0.25) is 0 Å². The monoisotopic (exact) mass is 412 g/mol. The molecule has 0 spiro atoms. The molecule has 1 fully saturated rings. The van der Waals surface area contributed by atoms with Crippen molar-refractivity contribution >= 4 is 0 Å². The molecule has 0 radical (unpaired) electrons. The summed E-state index contributed by atoms with van der Waals surface area (Å²) in [5, 5.41) is 19.5. The Morgan fingerprint density at radius 1 is 0.750 bits per heavy atom. The highest BCUT2D eigenvalue weighted by Crippen LogP contribution is 2.05. The van der Waals surface area contributed by atoms with Crippen LogP contribution in [0, 0.1) is 0 Å². The first-order valence-corrected chi connectivity index (χ1v) is 9.42. The van der Waals surface area contributed by atoms with Gasteiger partial charge in [0.25, 0.3) is 0 Å². The lowest BCUT2D eigenvalue weighted by molar-refractivity contribution is -0.136. The van der Waals surface area contributed by atoms with Gasteiger partial charge in [0.15, 0.2) is 0 Å². The van der Waals surface area contributed by atoms with E-state index in [1.807, 2.05) is 0 Å². The number of ether oxygens (including phenoxy) is 8. The minimum atomic E-state index is -0.779. The van der Waals surface area contributed by atoms with E-state index in [0.29, 0.717) is 26.4 Å². The van der Waals surface area contributed by atoms with Gasteiger partial charge in [0, 0.05) is 21.3 Å². The van der Waals surface area contributed by atoms with Crippen LogP contribution in [0.3, 0.4) is 0 Å². The lowest BCUT2D eigenvalue weighted by Crippen LogP contribution is -2.37. The first-order chi connectivity index (χ1) is 13.6. The summed E-state index contributed by atoms with van der Waals surface area (Å²) in [6.07, 6.45) is -2.07. The summed E-state index contributed by atoms with van der Waals surface area (Å²) in [5.74, 6) is 0. The lowest BCUT2D eigenvalue weighted by Gasteiger charge is -2.25. The molecule has 3 atom stereocenters. The van der Waals surface area contributed by atoms with Crippen LogP contribution in [0.5, 0.6) is 0 Å². The predicted molar refractivity (Wildman–Crippen MR) is 98.5 cm³/mol. The second kappa shape index (κ2) is 16.4. The standard InChI is InChI=1S/C18H36O10/c1-21-4-14(19)5-24-8-16(22-2)9-25-6-15(20)7-28-18-12-26-10-17(23-3)11-27-13-18/h14-20H,4-13H2,1-3H3. The van der Waals surface area contributed by atoms with E-state index in [0.717, 1.165) is 0 Å². The van der Waals surface area contributed by atoms with Gasteiger partial charge >= 0.3 is 0 Å². The van der Waals surface area contributed by atoms with E-state index < -0.39 is 12.2 Å². The number of rotatable bonds is 15. The smallest absolute Gasteiger partial charge is 0.104 e. The summed E-state index contributed by atoms with van der Waals surface area (Å²) >= 11 is 0. The molecule has 10 heteroatoms. The van der Waals surface area contributed by atoms with Crippen molar-refractivity contribution < 1.29 is 48.1 Å². The molecule has 1 saturated heterocycles. The van der Waals surface area contributed by atoms with Crippen molar-refractivity contribution in [1.82, 2.24) is 0 Å². The quantitative estimate of drug-likeness (QED) is 0.342. The molecule has 168 valence electrons. The van der Waals surface area contributed by atoms with Crippen molar-refractivity contribution in [1.29, 1.82) is 0 Å². The number of hydrogen-bond donors (Lipinski definition) is 2. The highest BCUT2D eigenvalue weighted by Gasteiger charge is 2.19. The van der Waals surface area contributed by atoms with Crippen molar-refractivity contribution in [3.8, 4) is 0 Å². The fraction of sp³-hybridized carbons (Fsp3) is 1.00. The molecule has 2 N–H and O–H groups in total. The molecule has 0 aromatic rings. The average molecular weight is 412 g/mol. The Bertz CT molecular complexity index is 349. The first-order valence-electron chi connectivity index (χ1n) is 9.42. The second-order valence-corrected chi connectivity index (χ2v) is 6.58. The minimum Gasteiger partial charge on any atom is -0.388 e. The van der Waals surface area contributed by atoms with Crippen molar-refractivity contribution in [3.63, 3.8) is 0 Å². The van der Waals surface area contributed by atoms with E-state index in [1.54, 1.807) is 14.2 Å². The van der Waals surface area contributed by atoms with Gasteiger partial charge in [-0.1, -0.05) is 0 Å². The maximum atomic E-state index is 10.0. The van der Waals surface area contributed by atoms with Crippen molar-refractivity contribution in [3.05, 3.63) is 0 Å². The Hall–Kier alpha value is -0.400. The van der Waals surface area contributed by atoms with Gasteiger partial charge < -0.3 is 48.1 Å². The molecular weight excluding hydrogens is 376 g/mol. The second-order valence-electron chi connectivity index (χ2n) is 6.58. The molecular formula is C18H36O10. The summed E-state index contributed by atoms with van der Waals surface area (Å²) in [4.78, 5) is 0. The van der Waals surface area contributed by atoms with Crippen LogP contribution in [-0.4, -0.2) is 128 Å². The Morgan fingerprint density at radius 3 is 1.79 bits per heavy atom. The van der Waals surface area contributed by atoms with E-state index in [-0.39, 0.29) is 58.0 Å².